The van der Waals surface area contributed by atoms with Crippen LogP contribution >= 0.6 is 0 Å². The van der Waals surface area contributed by atoms with Gasteiger partial charge in [-0.15, -0.1) is 0 Å². The Hall–Kier alpha value is -1.91. The molecule has 1 N–H and O–H groups in total. The van der Waals surface area contributed by atoms with Crippen LogP contribution < -0.4 is 4.74 Å². The summed E-state index contributed by atoms with van der Waals surface area (Å²) in [6.07, 6.45) is 5.70. The van der Waals surface area contributed by atoms with Crippen LogP contribution in [0.5, 0.6) is 5.88 Å². The van der Waals surface area contributed by atoms with Crippen molar-refractivity contribution >= 4 is 0 Å². The molecule has 0 amide bonds. The fraction of sp³-hybridized carbons (Fsp3) is 0.476. The highest BCUT2D eigenvalue weighted by Crippen LogP contribution is 2.46. The van der Waals surface area contributed by atoms with Gasteiger partial charge in [0.1, 0.15) is 0 Å². The molecule has 2 aromatic rings. The number of hydrogen-bond donors (Lipinski definition) is 1. The lowest BCUT2D eigenvalue weighted by atomic mass is 9.81. The van der Waals surface area contributed by atoms with Crippen LogP contribution in [-0.4, -0.2) is 33.7 Å². The minimum atomic E-state index is -0.767. The summed E-state index contributed by atoms with van der Waals surface area (Å²) in [6.45, 7) is 3.53. The summed E-state index contributed by atoms with van der Waals surface area (Å²) < 4.78 is 5.42. The minimum Gasteiger partial charge on any atom is -0.478 e. The zero-order valence-corrected chi connectivity index (χ0v) is 14.8. The third-order valence-corrected chi connectivity index (χ3v) is 5.69. The van der Waals surface area contributed by atoms with Crippen LogP contribution in [0.3, 0.4) is 0 Å². The Balaban J connectivity index is 1.50. The van der Waals surface area contributed by atoms with E-state index in [9.17, 15) is 5.11 Å². The van der Waals surface area contributed by atoms with Crippen LogP contribution in [0.15, 0.2) is 48.7 Å². The van der Waals surface area contributed by atoms with Gasteiger partial charge in [-0.2, -0.15) is 0 Å². The molecule has 2 saturated heterocycles. The molecule has 2 aliphatic rings. The summed E-state index contributed by atoms with van der Waals surface area (Å²) >= 11 is 0. The number of piperidine rings is 1. The SMILES string of the molecule is CCOc1ccc(C2(O)CC3CCC(C2)N3Cc2ccccc2)cn1. The van der Waals surface area contributed by atoms with Gasteiger partial charge in [0.15, 0.2) is 0 Å². The van der Waals surface area contributed by atoms with Crippen molar-refractivity contribution < 1.29 is 9.84 Å². The van der Waals surface area contributed by atoms with E-state index in [4.69, 9.17) is 4.74 Å². The first kappa shape index (κ1) is 16.6. The maximum absolute atomic E-state index is 11.3. The molecule has 2 bridgehead atoms. The third-order valence-electron chi connectivity index (χ3n) is 5.69. The van der Waals surface area contributed by atoms with Crippen molar-refractivity contribution in [2.45, 2.75) is 56.8 Å². The number of nitrogens with zero attached hydrogens (tertiary/aromatic N) is 2. The maximum Gasteiger partial charge on any atom is 0.213 e. The number of fused-ring (bicyclic) bond motifs is 2. The van der Waals surface area contributed by atoms with Crippen molar-refractivity contribution in [3.05, 3.63) is 59.8 Å². The topological polar surface area (TPSA) is 45.6 Å². The molecule has 0 saturated carbocycles. The number of ether oxygens (including phenoxy) is 1. The molecular formula is C21H26N2O2. The van der Waals surface area contributed by atoms with E-state index in [1.807, 2.05) is 19.1 Å². The van der Waals surface area contributed by atoms with Crippen LogP contribution in [-0.2, 0) is 12.1 Å². The summed E-state index contributed by atoms with van der Waals surface area (Å²) in [6, 6.07) is 15.4. The second-order valence-electron chi connectivity index (χ2n) is 7.30. The Kier molecular flexibility index (Phi) is 4.48. The average molecular weight is 338 g/mol. The van der Waals surface area contributed by atoms with E-state index in [0.29, 0.717) is 24.6 Å². The van der Waals surface area contributed by atoms with Gasteiger partial charge in [0.05, 0.1) is 12.2 Å². The predicted molar refractivity (Wildman–Crippen MR) is 97.3 cm³/mol. The van der Waals surface area contributed by atoms with E-state index in [2.05, 4.69) is 40.2 Å². The minimum absolute atomic E-state index is 0.440. The summed E-state index contributed by atoms with van der Waals surface area (Å²) in [4.78, 5) is 6.94. The quantitative estimate of drug-likeness (QED) is 0.906. The fourth-order valence-electron chi connectivity index (χ4n) is 4.49. The predicted octanol–water partition coefficient (Wildman–Crippen LogP) is 3.49. The molecule has 2 atom stereocenters. The molecule has 3 heterocycles. The van der Waals surface area contributed by atoms with Gasteiger partial charge >= 0.3 is 0 Å². The highest BCUT2D eigenvalue weighted by Gasteiger charge is 2.48. The molecule has 25 heavy (non-hydrogen) atoms. The summed E-state index contributed by atoms with van der Waals surface area (Å²) in [7, 11) is 0. The van der Waals surface area contributed by atoms with Gasteiger partial charge in [0, 0.05) is 36.5 Å². The summed E-state index contributed by atoms with van der Waals surface area (Å²) in [5.41, 5.74) is 1.51. The van der Waals surface area contributed by atoms with Crippen molar-refractivity contribution in [2.24, 2.45) is 0 Å². The summed E-state index contributed by atoms with van der Waals surface area (Å²) in [5, 5.41) is 11.3. The van der Waals surface area contributed by atoms with Crippen molar-refractivity contribution in [1.29, 1.82) is 0 Å². The number of aromatic nitrogens is 1. The smallest absolute Gasteiger partial charge is 0.213 e. The Morgan fingerprint density at radius 2 is 1.84 bits per heavy atom. The first-order valence-electron chi connectivity index (χ1n) is 9.29. The number of hydrogen-bond acceptors (Lipinski definition) is 4. The van der Waals surface area contributed by atoms with Crippen LogP contribution in [0.4, 0.5) is 0 Å². The van der Waals surface area contributed by atoms with Gasteiger partial charge in [-0.3, -0.25) is 4.90 Å². The Bertz CT molecular complexity index is 688. The molecule has 132 valence electrons. The lowest BCUT2D eigenvalue weighted by Gasteiger charge is -2.44. The average Bonchev–Trinajstić information content (AvgIpc) is 2.87. The van der Waals surface area contributed by atoms with Crippen LogP contribution in [0.2, 0.25) is 0 Å². The molecule has 0 spiro atoms. The van der Waals surface area contributed by atoms with Gasteiger partial charge in [0.25, 0.3) is 0 Å². The lowest BCUT2D eigenvalue weighted by molar-refractivity contribution is -0.0597. The molecule has 2 unspecified atom stereocenters. The van der Waals surface area contributed by atoms with Crippen molar-refractivity contribution in [2.75, 3.05) is 6.61 Å². The van der Waals surface area contributed by atoms with E-state index in [1.54, 1.807) is 6.20 Å². The Labute approximate surface area is 149 Å². The number of aliphatic hydroxyl groups is 1. The molecule has 1 aromatic carbocycles. The van der Waals surface area contributed by atoms with Gasteiger partial charge in [0.2, 0.25) is 5.88 Å². The van der Waals surface area contributed by atoms with Gasteiger partial charge in [-0.25, -0.2) is 4.98 Å². The monoisotopic (exact) mass is 338 g/mol. The second kappa shape index (κ2) is 6.77. The molecule has 4 nitrogen and oxygen atoms in total. The van der Waals surface area contributed by atoms with Crippen molar-refractivity contribution in [3.8, 4) is 5.88 Å². The molecule has 2 fully saturated rings. The second-order valence-corrected chi connectivity index (χ2v) is 7.30. The molecule has 0 radical (unpaired) electrons. The standard InChI is InChI=1S/C21H26N2O2/c1-2-25-20-11-8-17(14-22-20)21(24)12-18-9-10-19(13-21)23(18)15-16-6-4-3-5-7-16/h3-8,11,14,18-19,24H,2,9-10,12-13,15H2,1H3. The Morgan fingerprint density at radius 3 is 2.44 bits per heavy atom. The summed E-state index contributed by atoms with van der Waals surface area (Å²) in [5.74, 6) is 0.624. The van der Waals surface area contributed by atoms with Crippen LogP contribution in [0.25, 0.3) is 0 Å². The zero-order chi connectivity index (χ0) is 17.3. The van der Waals surface area contributed by atoms with Crippen LogP contribution in [0, 0.1) is 0 Å². The van der Waals surface area contributed by atoms with Gasteiger partial charge in [-0.05, 0) is 44.2 Å². The normalized spacial score (nSPS) is 28.9. The highest BCUT2D eigenvalue weighted by atomic mass is 16.5. The van der Waals surface area contributed by atoms with Crippen LogP contribution in [0.1, 0.15) is 43.7 Å². The molecular weight excluding hydrogens is 312 g/mol. The molecule has 1 aromatic heterocycles. The highest BCUT2D eigenvalue weighted by molar-refractivity contribution is 5.26. The molecule has 4 heteroatoms. The van der Waals surface area contributed by atoms with Crippen molar-refractivity contribution in [3.63, 3.8) is 0 Å². The largest absolute Gasteiger partial charge is 0.478 e. The number of rotatable bonds is 5. The Morgan fingerprint density at radius 1 is 1.12 bits per heavy atom. The molecule has 4 rings (SSSR count). The fourth-order valence-corrected chi connectivity index (χ4v) is 4.49. The van der Waals surface area contributed by atoms with E-state index in [-0.39, 0.29) is 0 Å². The van der Waals surface area contributed by atoms with E-state index in [1.165, 1.54) is 18.4 Å². The first-order chi connectivity index (χ1) is 12.2. The van der Waals surface area contributed by atoms with Gasteiger partial charge in [-0.1, -0.05) is 30.3 Å². The first-order valence-corrected chi connectivity index (χ1v) is 9.29. The lowest BCUT2D eigenvalue weighted by Crippen LogP contribution is -2.49. The molecule has 2 aliphatic heterocycles. The van der Waals surface area contributed by atoms with E-state index in [0.717, 1.165) is 24.9 Å². The van der Waals surface area contributed by atoms with E-state index < -0.39 is 5.60 Å². The van der Waals surface area contributed by atoms with Gasteiger partial charge < -0.3 is 9.84 Å². The third kappa shape index (κ3) is 3.29. The maximum atomic E-state index is 11.3. The molecule has 0 aliphatic carbocycles. The van der Waals surface area contributed by atoms with E-state index >= 15 is 0 Å². The van der Waals surface area contributed by atoms with Crippen molar-refractivity contribution in [1.82, 2.24) is 9.88 Å². The number of pyridine rings is 1. The number of benzene rings is 1. The zero-order valence-electron chi connectivity index (χ0n) is 14.8.